The molecule has 0 unspecified atom stereocenters. The number of anilines is 1. The van der Waals surface area contributed by atoms with E-state index in [-0.39, 0.29) is 0 Å². The molecule has 3 nitrogen and oxygen atoms in total. The third-order valence-corrected chi connectivity index (χ3v) is 3.63. The molecule has 1 N–H and O–H groups in total. The number of hydrogen-bond donors (Lipinski definition) is 1. The van der Waals surface area contributed by atoms with E-state index < -0.39 is 0 Å². The van der Waals surface area contributed by atoms with E-state index in [2.05, 4.69) is 27.4 Å². The van der Waals surface area contributed by atoms with Gasteiger partial charge >= 0.3 is 0 Å². The molecule has 4 heteroatoms. The summed E-state index contributed by atoms with van der Waals surface area (Å²) in [6, 6.07) is 10.3. The summed E-state index contributed by atoms with van der Waals surface area (Å²) in [5, 5.41) is 3.74. The summed E-state index contributed by atoms with van der Waals surface area (Å²) in [5.41, 5.74) is 3.59. The van der Waals surface area contributed by atoms with E-state index in [1.807, 2.05) is 18.2 Å². The summed E-state index contributed by atoms with van der Waals surface area (Å²) in [5.74, 6) is 0.901. The van der Waals surface area contributed by atoms with Gasteiger partial charge in [0.15, 0.2) is 0 Å². The molecule has 0 radical (unpaired) electrons. The van der Waals surface area contributed by atoms with E-state index in [0.29, 0.717) is 5.28 Å². The van der Waals surface area contributed by atoms with Crippen LogP contribution in [0.2, 0.25) is 5.28 Å². The van der Waals surface area contributed by atoms with Crippen LogP contribution in [0.15, 0.2) is 30.3 Å². The van der Waals surface area contributed by atoms with Crippen LogP contribution in [0.3, 0.4) is 0 Å². The monoisotopic (exact) mass is 273 g/mol. The Morgan fingerprint density at radius 1 is 1.05 bits per heavy atom. The maximum atomic E-state index is 6.00. The predicted molar refractivity (Wildman–Crippen MR) is 77.5 cm³/mol. The molecule has 2 aromatic rings. The summed E-state index contributed by atoms with van der Waals surface area (Å²) >= 11 is 6.00. The zero-order valence-corrected chi connectivity index (χ0v) is 11.5. The van der Waals surface area contributed by atoms with Crippen molar-refractivity contribution < 1.29 is 0 Å². The number of rotatable bonds is 3. The smallest absolute Gasteiger partial charge is 0.224 e. The third kappa shape index (κ3) is 2.87. The first-order valence-corrected chi connectivity index (χ1v) is 7.04. The summed E-state index contributed by atoms with van der Waals surface area (Å²) in [6.07, 6.45) is 4.46. The highest BCUT2D eigenvalue weighted by Crippen LogP contribution is 2.26. The number of hydrogen-bond acceptors (Lipinski definition) is 3. The second-order valence-electron chi connectivity index (χ2n) is 4.81. The van der Waals surface area contributed by atoms with Crippen LogP contribution < -0.4 is 5.32 Å². The van der Waals surface area contributed by atoms with E-state index in [0.717, 1.165) is 30.9 Å². The van der Waals surface area contributed by atoms with Crippen molar-refractivity contribution >= 4 is 17.4 Å². The maximum Gasteiger partial charge on any atom is 0.224 e. The van der Waals surface area contributed by atoms with Gasteiger partial charge < -0.3 is 5.32 Å². The van der Waals surface area contributed by atoms with Gasteiger partial charge in [-0.3, -0.25) is 0 Å². The number of nitrogens with one attached hydrogen (secondary N) is 1. The second-order valence-corrected chi connectivity index (χ2v) is 5.15. The van der Waals surface area contributed by atoms with Crippen molar-refractivity contribution in [3.05, 3.63) is 52.4 Å². The van der Waals surface area contributed by atoms with Crippen molar-refractivity contribution in [2.75, 3.05) is 5.32 Å². The van der Waals surface area contributed by atoms with Crippen molar-refractivity contribution in [3.8, 4) is 0 Å². The van der Waals surface area contributed by atoms with Gasteiger partial charge in [-0.15, -0.1) is 0 Å². The molecule has 0 saturated carbocycles. The van der Waals surface area contributed by atoms with E-state index >= 15 is 0 Å². The molecular formula is C15H16ClN3. The van der Waals surface area contributed by atoms with Crippen LogP contribution >= 0.6 is 11.6 Å². The topological polar surface area (TPSA) is 37.8 Å². The molecule has 1 heterocycles. The lowest BCUT2D eigenvalue weighted by molar-refractivity contribution is 0.663. The molecule has 98 valence electrons. The fraction of sp³-hybridized carbons (Fsp3) is 0.333. The van der Waals surface area contributed by atoms with Gasteiger partial charge in [0.25, 0.3) is 0 Å². The lowest BCUT2D eigenvalue weighted by Gasteiger charge is -2.18. The molecule has 1 aromatic heterocycles. The summed E-state index contributed by atoms with van der Waals surface area (Å²) in [6.45, 7) is 0.765. The van der Waals surface area contributed by atoms with Gasteiger partial charge in [-0.1, -0.05) is 30.3 Å². The Balaban J connectivity index is 1.82. The molecular weight excluding hydrogens is 258 g/mol. The van der Waals surface area contributed by atoms with Crippen molar-refractivity contribution in [1.82, 2.24) is 9.97 Å². The Labute approximate surface area is 118 Å². The minimum atomic E-state index is 0.344. The minimum absolute atomic E-state index is 0.344. The Kier molecular flexibility index (Phi) is 3.65. The minimum Gasteiger partial charge on any atom is -0.366 e. The van der Waals surface area contributed by atoms with Crippen molar-refractivity contribution in [1.29, 1.82) is 0 Å². The highest BCUT2D eigenvalue weighted by atomic mass is 35.5. The molecule has 1 aromatic carbocycles. The number of benzene rings is 1. The van der Waals surface area contributed by atoms with E-state index in [4.69, 9.17) is 11.6 Å². The third-order valence-electron chi connectivity index (χ3n) is 3.46. The Bertz CT molecular complexity index is 569. The van der Waals surface area contributed by atoms with Crippen LogP contribution in [0.4, 0.5) is 5.82 Å². The first-order valence-electron chi connectivity index (χ1n) is 6.66. The van der Waals surface area contributed by atoms with Gasteiger partial charge in [-0.05, 0) is 42.8 Å². The molecule has 1 aliphatic rings. The highest BCUT2D eigenvalue weighted by molar-refractivity contribution is 6.28. The molecule has 0 saturated heterocycles. The van der Waals surface area contributed by atoms with Gasteiger partial charge in [0, 0.05) is 12.1 Å². The number of halogens is 1. The largest absolute Gasteiger partial charge is 0.366 e. The number of fused-ring (bicyclic) bond motifs is 1. The first kappa shape index (κ1) is 12.4. The molecule has 0 atom stereocenters. The highest BCUT2D eigenvalue weighted by Gasteiger charge is 2.17. The number of nitrogens with zero attached hydrogens (tertiary/aromatic N) is 2. The van der Waals surface area contributed by atoms with Gasteiger partial charge in [0.1, 0.15) is 5.82 Å². The van der Waals surface area contributed by atoms with E-state index in [1.54, 1.807) is 0 Å². The average Bonchev–Trinajstić information content (AvgIpc) is 2.45. The van der Waals surface area contributed by atoms with Crippen LogP contribution in [0.5, 0.6) is 0 Å². The van der Waals surface area contributed by atoms with Crippen LogP contribution in [0.25, 0.3) is 0 Å². The normalized spacial score (nSPS) is 13.9. The van der Waals surface area contributed by atoms with Crippen molar-refractivity contribution in [2.24, 2.45) is 0 Å². The molecule has 0 aliphatic heterocycles. The molecule has 19 heavy (non-hydrogen) atoms. The van der Waals surface area contributed by atoms with Gasteiger partial charge in [-0.25, -0.2) is 9.97 Å². The lowest BCUT2D eigenvalue weighted by Crippen LogP contribution is -2.12. The molecule has 1 aliphatic carbocycles. The zero-order chi connectivity index (χ0) is 13.1. The standard InChI is InChI=1S/C15H16ClN3/c16-15-18-13-9-5-4-8-12(13)14(19-15)17-10-11-6-2-1-3-7-11/h1-3,6-7H,4-5,8-10H2,(H,17,18,19). The Morgan fingerprint density at radius 3 is 2.68 bits per heavy atom. The first-order chi connectivity index (χ1) is 9.33. The molecule has 0 amide bonds. The number of aromatic nitrogens is 2. The van der Waals surface area contributed by atoms with Crippen LogP contribution in [0, 0.1) is 0 Å². The molecule has 0 fully saturated rings. The fourth-order valence-electron chi connectivity index (χ4n) is 2.49. The predicted octanol–water partition coefficient (Wildman–Crippen LogP) is 3.62. The van der Waals surface area contributed by atoms with Crippen LogP contribution in [-0.2, 0) is 19.4 Å². The lowest BCUT2D eigenvalue weighted by atomic mass is 9.96. The zero-order valence-electron chi connectivity index (χ0n) is 10.7. The van der Waals surface area contributed by atoms with Crippen molar-refractivity contribution in [3.63, 3.8) is 0 Å². The summed E-state index contributed by atoms with van der Waals surface area (Å²) < 4.78 is 0. The molecule has 0 bridgehead atoms. The number of aryl methyl sites for hydroxylation is 1. The van der Waals surface area contributed by atoms with Crippen molar-refractivity contribution in [2.45, 2.75) is 32.2 Å². The molecule has 3 rings (SSSR count). The fourth-order valence-corrected chi connectivity index (χ4v) is 2.68. The van der Waals surface area contributed by atoms with Crippen LogP contribution in [-0.4, -0.2) is 9.97 Å². The van der Waals surface area contributed by atoms with Gasteiger partial charge in [-0.2, -0.15) is 0 Å². The van der Waals surface area contributed by atoms with Gasteiger partial charge in [0.05, 0.1) is 5.69 Å². The summed E-state index contributed by atoms with van der Waals surface area (Å²) in [4.78, 5) is 8.69. The SMILES string of the molecule is Clc1nc2c(c(NCc3ccccc3)n1)CCCC2. The molecule has 0 spiro atoms. The Morgan fingerprint density at radius 2 is 1.84 bits per heavy atom. The maximum absolute atomic E-state index is 6.00. The quantitative estimate of drug-likeness (QED) is 0.868. The average molecular weight is 274 g/mol. The van der Waals surface area contributed by atoms with E-state index in [9.17, 15) is 0 Å². The summed E-state index contributed by atoms with van der Waals surface area (Å²) in [7, 11) is 0. The van der Waals surface area contributed by atoms with E-state index in [1.165, 1.54) is 24.0 Å². The van der Waals surface area contributed by atoms with Gasteiger partial charge in [0.2, 0.25) is 5.28 Å². The Hall–Kier alpha value is -1.61. The van der Waals surface area contributed by atoms with Crippen LogP contribution in [0.1, 0.15) is 29.7 Å². The second kappa shape index (κ2) is 5.57.